The number of anilines is 1. The lowest BCUT2D eigenvalue weighted by atomic mass is 10.0. The molecule has 1 aliphatic rings. The SMILES string of the molecule is Cc1nc(NC(=O)N2CCc3c([nH]c4ccccc34)C2)n[nH]1. The molecule has 1 aromatic carbocycles. The number of hydrogen-bond acceptors (Lipinski definition) is 3. The highest BCUT2D eigenvalue weighted by atomic mass is 16.2. The molecule has 3 N–H and O–H groups in total. The first-order valence-electron chi connectivity index (χ1n) is 7.24. The molecule has 0 radical (unpaired) electrons. The number of para-hydroxylation sites is 1. The highest BCUT2D eigenvalue weighted by molar-refractivity contribution is 5.89. The van der Waals surface area contributed by atoms with Crippen LogP contribution < -0.4 is 5.32 Å². The van der Waals surface area contributed by atoms with Gasteiger partial charge in [-0.1, -0.05) is 18.2 Å². The van der Waals surface area contributed by atoms with Gasteiger partial charge in [0, 0.05) is 23.1 Å². The van der Waals surface area contributed by atoms with Crippen molar-refractivity contribution in [2.45, 2.75) is 19.9 Å². The second kappa shape index (κ2) is 4.87. The normalized spacial score (nSPS) is 14.1. The number of aromatic nitrogens is 4. The fourth-order valence-corrected chi connectivity index (χ4v) is 2.94. The predicted octanol–water partition coefficient (Wildman–Crippen LogP) is 2.18. The Balaban J connectivity index is 1.55. The number of rotatable bonds is 1. The fourth-order valence-electron chi connectivity index (χ4n) is 2.94. The Morgan fingerprint density at radius 1 is 1.36 bits per heavy atom. The summed E-state index contributed by atoms with van der Waals surface area (Å²) in [5, 5.41) is 10.6. The number of benzene rings is 1. The van der Waals surface area contributed by atoms with Gasteiger partial charge in [0.2, 0.25) is 5.95 Å². The second-order valence-corrected chi connectivity index (χ2v) is 5.47. The number of nitrogens with one attached hydrogen (secondary N) is 3. The predicted molar refractivity (Wildman–Crippen MR) is 82.6 cm³/mol. The van der Waals surface area contributed by atoms with Crippen LogP contribution in [-0.4, -0.2) is 37.6 Å². The van der Waals surface area contributed by atoms with Gasteiger partial charge < -0.3 is 9.88 Å². The number of nitrogens with zero attached hydrogens (tertiary/aromatic N) is 3. The van der Waals surface area contributed by atoms with E-state index in [9.17, 15) is 4.79 Å². The summed E-state index contributed by atoms with van der Waals surface area (Å²) in [6, 6.07) is 8.07. The van der Waals surface area contributed by atoms with Crippen LogP contribution in [0.2, 0.25) is 0 Å². The van der Waals surface area contributed by atoms with Gasteiger partial charge in [-0.05, 0) is 25.0 Å². The Labute approximate surface area is 126 Å². The van der Waals surface area contributed by atoms with Crippen LogP contribution in [0.25, 0.3) is 10.9 Å². The number of urea groups is 1. The molecular weight excluding hydrogens is 280 g/mol. The standard InChI is InChI=1S/C15H16N6O/c1-9-16-14(20-19-9)18-15(22)21-7-6-11-10-4-2-3-5-12(10)17-13(11)8-21/h2-5,17H,6-8H2,1H3,(H2,16,18,19,20,22). The minimum atomic E-state index is -0.177. The van der Waals surface area contributed by atoms with E-state index in [1.54, 1.807) is 11.8 Å². The van der Waals surface area contributed by atoms with Crippen LogP contribution in [0.15, 0.2) is 24.3 Å². The van der Waals surface area contributed by atoms with Crippen molar-refractivity contribution in [1.82, 2.24) is 25.1 Å². The van der Waals surface area contributed by atoms with Crippen molar-refractivity contribution in [2.75, 3.05) is 11.9 Å². The number of aromatic amines is 2. The first kappa shape index (κ1) is 12.9. The maximum absolute atomic E-state index is 12.3. The van der Waals surface area contributed by atoms with Crippen LogP contribution in [0.5, 0.6) is 0 Å². The van der Waals surface area contributed by atoms with E-state index in [0.717, 1.165) is 17.6 Å². The minimum absolute atomic E-state index is 0.177. The van der Waals surface area contributed by atoms with E-state index < -0.39 is 0 Å². The van der Waals surface area contributed by atoms with Gasteiger partial charge in [0.05, 0.1) is 6.54 Å². The maximum atomic E-state index is 12.3. The molecule has 2 amide bonds. The Hall–Kier alpha value is -2.83. The van der Waals surface area contributed by atoms with E-state index in [4.69, 9.17) is 0 Å². The number of amides is 2. The van der Waals surface area contributed by atoms with E-state index in [1.165, 1.54) is 10.9 Å². The molecule has 7 heteroatoms. The summed E-state index contributed by atoms with van der Waals surface area (Å²) in [5.74, 6) is 0.983. The monoisotopic (exact) mass is 296 g/mol. The van der Waals surface area contributed by atoms with Gasteiger partial charge in [0.15, 0.2) is 0 Å². The molecule has 0 saturated carbocycles. The Morgan fingerprint density at radius 2 is 2.23 bits per heavy atom. The number of carbonyl (C=O) groups excluding carboxylic acids is 1. The summed E-state index contributed by atoms with van der Waals surface area (Å²) in [4.78, 5) is 21.6. The zero-order valence-corrected chi connectivity index (χ0v) is 12.2. The summed E-state index contributed by atoms with van der Waals surface area (Å²) in [5.41, 5.74) is 3.54. The number of aryl methyl sites for hydroxylation is 1. The molecule has 112 valence electrons. The van der Waals surface area contributed by atoms with Gasteiger partial charge in [-0.15, -0.1) is 5.10 Å². The first-order chi connectivity index (χ1) is 10.7. The first-order valence-corrected chi connectivity index (χ1v) is 7.24. The largest absolute Gasteiger partial charge is 0.357 e. The summed E-state index contributed by atoms with van der Waals surface area (Å²) in [6.07, 6.45) is 0.847. The average molecular weight is 296 g/mol. The highest BCUT2D eigenvalue weighted by Crippen LogP contribution is 2.27. The number of fused-ring (bicyclic) bond motifs is 3. The average Bonchev–Trinajstić information content (AvgIpc) is 3.09. The number of hydrogen-bond donors (Lipinski definition) is 3. The molecule has 0 saturated heterocycles. The quantitative estimate of drug-likeness (QED) is 0.643. The lowest BCUT2D eigenvalue weighted by Gasteiger charge is -2.26. The summed E-state index contributed by atoms with van der Waals surface area (Å²) >= 11 is 0. The lowest BCUT2D eigenvalue weighted by molar-refractivity contribution is 0.205. The minimum Gasteiger partial charge on any atom is -0.357 e. The third-order valence-corrected chi connectivity index (χ3v) is 3.99. The van der Waals surface area contributed by atoms with Crippen molar-refractivity contribution in [3.05, 3.63) is 41.3 Å². The van der Waals surface area contributed by atoms with E-state index in [2.05, 4.69) is 37.6 Å². The maximum Gasteiger partial charge on any atom is 0.324 e. The summed E-state index contributed by atoms with van der Waals surface area (Å²) < 4.78 is 0. The molecule has 0 spiro atoms. The summed E-state index contributed by atoms with van der Waals surface area (Å²) in [6.45, 7) is 3.05. The van der Waals surface area contributed by atoms with Crippen molar-refractivity contribution in [1.29, 1.82) is 0 Å². The van der Waals surface area contributed by atoms with Crippen molar-refractivity contribution >= 4 is 22.9 Å². The third kappa shape index (κ3) is 2.11. The van der Waals surface area contributed by atoms with Crippen molar-refractivity contribution in [3.63, 3.8) is 0 Å². The van der Waals surface area contributed by atoms with Gasteiger partial charge in [-0.2, -0.15) is 4.98 Å². The Morgan fingerprint density at radius 3 is 3.05 bits per heavy atom. The van der Waals surface area contributed by atoms with Gasteiger partial charge in [0.1, 0.15) is 5.82 Å². The third-order valence-electron chi connectivity index (χ3n) is 3.99. The molecule has 3 heterocycles. The van der Waals surface area contributed by atoms with Gasteiger partial charge in [-0.25, -0.2) is 4.79 Å². The van der Waals surface area contributed by atoms with E-state index in [0.29, 0.717) is 24.9 Å². The van der Waals surface area contributed by atoms with Crippen LogP contribution in [0.3, 0.4) is 0 Å². The van der Waals surface area contributed by atoms with E-state index >= 15 is 0 Å². The van der Waals surface area contributed by atoms with E-state index in [-0.39, 0.29) is 6.03 Å². The molecule has 0 atom stereocenters. The van der Waals surface area contributed by atoms with Crippen LogP contribution in [0.1, 0.15) is 17.1 Å². The molecule has 0 bridgehead atoms. The van der Waals surface area contributed by atoms with Crippen LogP contribution >= 0.6 is 0 Å². The zero-order chi connectivity index (χ0) is 15.1. The van der Waals surface area contributed by atoms with Gasteiger partial charge in [-0.3, -0.25) is 10.4 Å². The zero-order valence-electron chi connectivity index (χ0n) is 12.2. The lowest BCUT2D eigenvalue weighted by Crippen LogP contribution is -2.39. The molecule has 0 aliphatic carbocycles. The second-order valence-electron chi connectivity index (χ2n) is 5.47. The molecule has 0 fully saturated rings. The van der Waals surface area contributed by atoms with Crippen LogP contribution in [0, 0.1) is 6.92 Å². The molecule has 22 heavy (non-hydrogen) atoms. The Bertz CT molecular complexity index is 849. The summed E-state index contributed by atoms with van der Waals surface area (Å²) in [7, 11) is 0. The van der Waals surface area contributed by atoms with Crippen molar-refractivity contribution in [2.24, 2.45) is 0 Å². The molecule has 0 unspecified atom stereocenters. The molecule has 1 aliphatic heterocycles. The van der Waals surface area contributed by atoms with Crippen LogP contribution in [0.4, 0.5) is 10.7 Å². The molecule has 3 aromatic rings. The molecule has 2 aromatic heterocycles. The van der Waals surface area contributed by atoms with Crippen LogP contribution in [-0.2, 0) is 13.0 Å². The van der Waals surface area contributed by atoms with Crippen molar-refractivity contribution < 1.29 is 4.79 Å². The Kier molecular flexibility index (Phi) is 2.85. The number of carbonyl (C=O) groups is 1. The smallest absolute Gasteiger partial charge is 0.324 e. The molecule has 4 rings (SSSR count). The van der Waals surface area contributed by atoms with Gasteiger partial charge >= 0.3 is 6.03 Å². The van der Waals surface area contributed by atoms with Gasteiger partial charge in [0.25, 0.3) is 0 Å². The topological polar surface area (TPSA) is 89.7 Å². The van der Waals surface area contributed by atoms with Crippen molar-refractivity contribution in [3.8, 4) is 0 Å². The molecule has 7 nitrogen and oxygen atoms in total. The fraction of sp³-hybridized carbons (Fsp3) is 0.267. The number of H-pyrrole nitrogens is 2. The highest BCUT2D eigenvalue weighted by Gasteiger charge is 2.24. The molecular formula is C15H16N6O. The van der Waals surface area contributed by atoms with E-state index in [1.807, 2.05) is 12.1 Å².